The zero-order valence-electron chi connectivity index (χ0n) is 25.8. The maximum Gasteiger partial charge on any atom is 0.313 e. The molecule has 7 nitrogen and oxygen atoms in total. The van der Waals surface area contributed by atoms with Gasteiger partial charge in [0.2, 0.25) is 0 Å². The van der Waals surface area contributed by atoms with E-state index in [-0.39, 0.29) is 69.6 Å². The highest BCUT2D eigenvalue weighted by Crippen LogP contribution is 2.74. The van der Waals surface area contributed by atoms with Crippen molar-refractivity contribution in [3.05, 3.63) is 23.8 Å². The molecule has 5 aliphatic carbocycles. The van der Waals surface area contributed by atoms with Crippen LogP contribution in [0.25, 0.3) is 0 Å². The quantitative estimate of drug-likeness (QED) is 0.283. The minimum absolute atomic E-state index is 0.0111. The predicted octanol–water partition coefficient (Wildman–Crippen LogP) is 6.60. The van der Waals surface area contributed by atoms with Crippen LogP contribution in [0, 0.1) is 50.2 Å². The Morgan fingerprint density at radius 1 is 0.902 bits per heavy atom. The van der Waals surface area contributed by atoms with Crippen molar-refractivity contribution >= 4 is 23.7 Å². The molecule has 0 aliphatic heterocycles. The van der Waals surface area contributed by atoms with Crippen LogP contribution in [0.3, 0.4) is 0 Å². The molecular formula is C34H48O7. The Bertz CT molecular complexity index is 1250. The number of esters is 1. The number of hydrogen-bond donors (Lipinski definition) is 2. The molecule has 5 rings (SSSR count). The Morgan fingerprint density at radius 3 is 2.22 bits per heavy atom. The predicted molar refractivity (Wildman–Crippen MR) is 154 cm³/mol. The largest absolute Gasteiger partial charge is 0.481 e. The number of carboxylic acids is 2. The summed E-state index contributed by atoms with van der Waals surface area (Å²) >= 11 is 0. The molecule has 0 aromatic rings. The Morgan fingerprint density at radius 2 is 1.59 bits per heavy atom. The second kappa shape index (κ2) is 9.28. The summed E-state index contributed by atoms with van der Waals surface area (Å²) < 4.78 is 5.90. The van der Waals surface area contributed by atoms with Gasteiger partial charge >= 0.3 is 17.9 Å². The third-order valence-corrected chi connectivity index (χ3v) is 13.3. The number of rotatable bonds is 5. The Balaban J connectivity index is 1.50. The van der Waals surface area contributed by atoms with E-state index in [1.165, 1.54) is 0 Å². The van der Waals surface area contributed by atoms with Gasteiger partial charge in [0.05, 0.1) is 18.3 Å². The lowest BCUT2D eigenvalue weighted by atomic mass is 9.33. The Labute approximate surface area is 244 Å². The van der Waals surface area contributed by atoms with Crippen molar-refractivity contribution in [1.29, 1.82) is 0 Å². The van der Waals surface area contributed by atoms with E-state index >= 15 is 0 Å². The van der Waals surface area contributed by atoms with Crippen molar-refractivity contribution in [1.82, 2.24) is 0 Å². The fraction of sp³-hybridized carbons (Fsp3) is 0.765. The van der Waals surface area contributed by atoms with Crippen LogP contribution in [0.2, 0.25) is 0 Å². The molecule has 0 saturated heterocycles. The number of carbonyl (C=O) groups is 4. The molecule has 0 aromatic heterocycles. The first-order chi connectivity index (χ1) is 18.8. The van der Waals surface area contributed by atoms with E-state index in [4.69, 9.17) is 9.84 Å². The molecule has 0 spiro atoms. The maximum absolute atomic E-state index is 14.4. The second-order valence-corrected chi connectivity index (χ2v) is 15.8. The molecule has 0 bridgehead atoms. The monoisotopic (exact) mass is 568 g/mol. The fourth-order valence-corrected chi connectivity index (χ4v) is 10.6. The molecule has 41 heavy (non-hydrogen) atoms. The molecule has 2 N–H and O–H groups in total. The van der Waals surface area contributed by atoms with Gasteiger partial charge in [-0.1, -0.05) is 59.3 Å². The number of carboxylic acid groups (broad SMARTS) is 2. The van der Waals surface area contributed by atoms with Crippen LogP contribution in [0.4, 0.5) is 0 Å². The number of carbonyl (C=O) groups excluding carboxylic acids is 2. The molecule has 226 valence electrons. The van der Waals surface area contributed by atoms with E-state index in [1.807, 2.05) is 12.2 Å². The lowest BCUT2D eigenvalue weighted by molar-refractivity contribution is -0.209. The van der Waals surface area contributed by atoms with Crippen LogP contribution < -0.4 is 0 Å². The van der Waals surface area contributed by atoms with Gasteiger partial charge in [0.15, 0.2) is 5.78 Å². The lowest BCUT2D eigenvalue weighted by Gasteiger charge is -2.70. The van der Waals surface area contributed by atoms with Crippen molar-refractivity contribution in [2.24, 2.45) is 50.2 Å². The second-order valence-electron chi connectivity index (χ2n) is 15.8. The molecule has 0 unspecified atom stereocenters. The Kier molecular flexibility index (Phi) is 6.80. The summed E-state index contributed by atoms with van der Waals surface area (Å²) in [6.07, 6.45) is 10.9. The van der Waals surface area contributed by atoms with Crippen molar-refractivity contribution in [2.45, 2.75) is 112 Å². The number of ether oxygens (including phenoxy) is 1. The van der Waals surface area contributed by atoms with Gasteiger partial charge in [-0.25, -0.2) is 0 Å². The van der Waals surface area contributed by atoms with Gasteiger partial charge in [-0.2, -0.15) is 0 Å². The van der Waals surface area contributed by atoms with Gasteiger partial charge in [-0.15, -0.1) is 0 Å². The van der Waals surface area contributed by atoms with Gasteiger partial charge in [0, 0.05) is 11.3 Å². The average molecular weight is 569 g/mol. The van der Waals surface area contributed by atoms with Crippen LogP contribution in [-0.2, 0) is 23.9 Å². The molecule has 3 fully saturated rings. The van der Waals surface area contributed by atoms with Crippen LogP contribution in [0.15, 0.2) is 23.8 Å². The van der Waals surface area contributed by atoms with E-state index in [1.54, 1.807) is 6.92 Å². The normalized spacial score (nSPS) is 46.2. The van der Waals surface area contributed by atoms with Crippen LogP contribution in [0.5, 0.6) is 0 Å². The summed E-state index contributed by atoms with van der Waals surface area (Å²) in [5.41, 5.74) is -1.05. The first-order valence-corrected chi connectivity index (χ1v) is 15.5. The minimum Gasteiger partial charge on any atom is -0.481 e. The van der Waals surface area contributed by atoms with E-state index < -0.39 is 23.3 Å². The van der Waals surface area contributed by atoms with Crippen molar-refractivity contribution in [3.8, 4) is 0 Å². The van der Waals surface area contributed by atoms with Crippen molar-refractivity contribution < 1.29 is 34.1 Å². The SMILES string of the molecule is CC1(C)[C@@H](OC(=O)CCC(=O)O)CC[C@]2(C)[C@H]3C(=O)C=C4[C@@H]5C[C@@](C)(C(=O)O)C=C[C@]5(C)CC[C@@]4(C)[C@]3(C)CC[C@@H]12. The molecule has 3 saturated carbocycles. The number of allylic oxidation sites excluding steroid dienone is 3. The van der Waals surface area contributed by atoms with Gasteiger partial charge < -0.3 is 14.9 Å². The molecule has 0 aromatic carbocycles. The van der Waals surface area contributed by atoms with Crippen molar-refractivity contribution in [3.63, 3.8) is 0 Å². The molecule has 0 amide bonds. The third kappa shape index (κ3) is 4.18. The first-order valence-electron chi connectivity index (χ1n) is 15.5. The lowest BCUT2D eigenvalue weighted by Crippen LogP contribution is -2.66. The average Bonchev–Trinajstić information content (AvgIpc) is 2.86. The summed E-state index contributed by atoms with van der Waals surface area (Å²) in [4.78, 5) is 50.2. The minimum atomic E-state index is -1.01. The topological polar surface area (TPSA) is 118 Å². The highest BCUT2D eigenvalue weighted by Gasteiger charge is 2.70. The first kappa shape index (κ1) is 30.0. The summed E-state index contributed by atoms with van der Waals surface area (Å²) in [6, 6.07) is 0. The molecule has 7 heteroatoms. The van der Waals surface area contributed by atoms with Gasteiger partial charge in [0.25, 0.3) is 0 Å². The smallest absolute Gasteiger partial charge is 0.313 e. The van der Waals surface area contributed by atoms with Crippen LogP contribution in [-0.4, -0.2) is 40.0 Å². The zero-order valence-corrected chi connectivity index (χ0v) is 25.8. The summed E-state index contributed by atoms with van der Waals surface area (Å²) in [5, 5.41) is 19.0. The van der Waals surface area contributed by atoms with Crippen LogP contribution in [0.1, 0.15) is 106 Å². The molecule has 0 radical (unpaired) electrons. The number of aliphatic carboxylic acids is 2. The van der Waals surface area contributed by atoms with Gasteiger partial charge in [0.1, 0.15) is 6.10 Å². The highest BCUT2D eigenvalue weighted by molar-refractivity contribution is 5.95. The molecule has 5 aliphatic rings. The van der Waals surface area contributed by atoms with E-state index in [0.717, 1.165) is 37.7 Å². The van der Waals surface area contributed by atoms with Gasteiger partial charge in [-0.05, 0) is 91.4 Å². The van der Waals surface area contributed by atoms with E-state index in [2.05, 4.69) is 47.6 Å². The zero-order chi connectivity index (χ0) is 30.4. The number of hydrogen-bond acceptors (Lipinski definition) is 5. The fourth-order valence-electron chi connectivity index (χ4n) is 10.6. The molecule has 0 heterocycles. The third-order valence-electron chi connectivity index (χ3n) is 13.3. The highest BCUT2D eigenvalue weighted by atomic mass is 16.5. The summed E-state index contributed by atoms with van der Waals surface area (Å²) in [7, 11) is 0. The standard InChI is InChI=1S/C34H48O7/c1-29(2)23-10-13-34(7)27(32(23,5)12-11-24(29)41-26(38)9-8-25(36)37)22(35)18-20-21-19-31(4,28(39)40)15-14-30(21,3)16-17-33(20,34)6/h14-15,18,21,23-24,27H,8-13,16-17,19H2,1-7H3,(H,36,37)(H,39,40)/t21-,23-,24-,27+,30+,31-,32-,33+,34+/m0/s1. The molecule has 9 atom stereocenters. The van der Waals surface area contributed by atoms with E-state index in [0.29, 0.717) is 12.8 Å². The summed E-state index contributed by atoms with van der Waals surface area (Å²) in [5.74, 6) is -2.11. The van der Waals surface area contributed by atoms with Gasteiger partial charge in [-0.3, -0.25) is 19.2 Å². The van der Waals surface area contributed by atoms with Crippen LogP contribution >= 0.6 is 0 Å². The van der Waals surface area contributed by atoms with E-state index in [9.17, 15) is 24.3 Å². The Hall–Kier alpha value is -2.44. The maximum atomic E-state index is 14.4. The molecular weight excluding hydrogens is 520 g/mol. The number of fused-ring (bicyclic) bond motifs is 7. The number of ketones is 1. The summed E-state index contributed by atoms with van der Waals surface area (Å²) in [6.45, 7) is 15.3. The van der Waals surface area contributed by atoms with Crippen molar-refractivity contribution in [2.75, 3.05) is 0 Å².